The van der Waals surface area contributed by atoms with Gasteiger partial charge in [0.15, 0.2) is 0 Å². The van der Waals surface area contributed by atoms with Crippen molar-refractivity contribution in [2.45, 2.75) is 51.0 Å². The van der Waals surface area contributed by atoms with E-state index >= 15 is 0 Å². The molecular weight excluding hydrogens is 442 g/mol. The second kappa shape index (κ2) is 10.8. The van der Waals surface area contributed by atoms with Crippen molar-refractivity contribution in [3.05, 3.63) is 54.1 Å². The normalized spacial score (nSPS) is 16.9. The van der Waals surface area contributed by atoms with Crippen LogP contribution in [0.5, 0.6) is 0 Å². The van der Waals surface area contributed by atoms with Crippen LogP contribution in [-0.2, 0) is 14.8 Å². The summed E-state index contributed by atoms with van der Waals surface area (Å²) in [4.78, 5) is 24.7. The molecule has 1 aliphatic rings. The van der Waals surface area contributed by atoms with Crippen molar-refractivity contribution in [2.24, 2.45) is 5.92 Å². The molecule has 1 fully saturated rings. The molecule has 2 aromatic rings. The molecule has 1 aliphatic heterocycles. The molecule has 0 bridgehead atoms. The Labute approximate surface area is 195 Å². The summed E-state index contributed by atoms with van der Waals surface area (Å²) in [5, 5.41) is 5.39. The molecule has 2 N–H and O–H groups in total. The average Bonchev–Trinajstić information content (AvgIpc) is 2.78. The molecule has 8 nitrogen and oxygen atoms in total. The Bertz CT molecular complexity index is 1080. The fourth-order valence-corrected chi connectivity index (χ4v) is 5.32. The number of carbonyl (C=O) groups is 2. The first-order valence-electron chi connectivity index (χ1n) is 11.1. The van der Waals surface area contributed by atoms with Gasteiger partial charge in [0.05, 0.1) is 11.5 Å². The molecule has 0 aliphatic carbocycles. The second-order valence-electron chi connectivity index (χ2n) is 8.64. The van der Waals surface area contributed by atoms with Crippen LogP contribution in [0.2, 0.25) is 0 Å². The third kappa shape index (κ3) is 6.55. The first-order valence-corrected chi connectivity index (χ1v) is 12.6. The van der Waals surface area contributed by atoms with Crippen molar-refractivity contribution >= 4 is 33.4 Å². The zero-order valence-electron chi connectivity index (χ0n) is 19.2. The molecule has 33 heavy (non-hydrogen) atoms. The molecule has 0 spiro atoms. The van der Waals surface area contributed by atoms with E-state index in [9.17, 15) is 18.0 Å². The Kier molecular flexibility index (Phi) is 8.10. The number of hydrogen-bond donors (Lipinski definition) is 2. The predicted octanol–water partition coefficient (Wildman–Crippen LogP) is 4.71. The Hall–Kier alpha value is -2.91. The summed E-state index contributed by atoms with van der Waals surface area (Å²) < 4.78 is 32.6. The minimum Gasteiger partial charge on any atom is -0.449 e. The van der Waals surface area contributed by atoms with Crippen LogP contribution in [-0.4, -0.2) is 43.9 Å². The number of anilines is 2. The lowest BCUT2D eigenvalue weighted by Gasteiger charge is -2.32. The molecule has 0 radical (unpaired) electrons. The highest BCUT2D eigenvalue weighted by atomic mass is 32.2. The number of piperidine rings is 1. The second-order valence-corrected chi connectivity index (χ2v) is 10.5. The van der Waals surface area contributed by atoms with Crippen LogP contribution in [0.25, 0.3) is 0 Å². The van der Waals surface area contributed by atoms with Gasteiger partial charge in [-0.2, -0.15) is 4.31 Å². The van der Waals surface area contributed by atoms with Crippen LogP contribution in [0.4, 0.5) is 16.2 Å². The van der Waals surface area contributed by atoms with Crippen molar-refractivity contribution in [2.75, 3.05) is 23.8 Å². The Balaban J connectivity index is 1.65. The highest BCUT2D eigenvalue weighted by Crippen LogP contribution is 2.25. The van der Waals surface area contributed by atoms with Gasteiger partial charge < -0.3 is 10.1 Å². The van der Waals surface area contributed by atoms with Gasteiger partial charge in [0, 0.05) is 29.5 Å². The molecule has 1 heterocycles. The van der Waals surface area contributed by atoms with E-state index in [-0.39, 0.29) is 22.8 Å². The van der Waals surface area contributed by atoms with Crippen LogP contribution in [0, 0.1) is 5.92 Å². The molecule has 0 saturated carbocycles. The van der Waals surface area contributed by atoms with Crippen LogP contribution < -0.4 is 10.6 Å². The number of nitrogens with one attached hydrogen (secondary N) is 2. The monoisotopic (exact) mass is 473 g/mol. The van der Waals surface area contributed by atoms with E-state index < -0.39 is 16.1 Å². The number of amides is 2. The highest BCUT2D eigenvalue weighted by Gasteiger charge is 2.30. The van der Waals surface area contributed by atoms with E-state index in [2.05, 4.69) is 10.6 Å². The van der Waals surface area contributed by atoms with Gasteiger partial charge in [-0.1, -0.05) is 26.3 Å². The lowest BCUT2D eigenvalue weighted by atomic mass is 10.1. The number of rotatable bonds is 7. The van der Waals surface area contributed by atoms with Crippen molar-refractivity contribution < 1.29 is 22.7 Å². The SMILES string of the molecule is CC(C)COC(=O)Nc1cccc(NC(=O)c2ccc(S(=O)(=O)N3CCCCC3C)cc2)c1. The number of sulfonamides is 1. The van der Waals surface area contributed by atoms with Crippen LogP contribution in [0.3, 0.4) is 0 Å². The summed E-state index contributed by atoms with van der Waals surface area (Å²) in [6, 6.07) is 12.6. The molecule has 1 atom stereocenters. The van der Waals surface area contributed by atoms with E-state index in [1.54, 1.807) is 24.3 Å². The number of hydrogen-bond acceptors (Lipinski definition) is 5. The Morgan fingerprint density at radius 3 is 2.36 bits per heavy atom. The maximum absolute atomic E-state index is 13.0. The molecule has 9 heteroatoms. The minimum absolute atomic E-state index is 0.0322. The van der Waals surface area contributed by atoms with E-state index in [1.807, 2.05) is 20.8 Å². The summed E-state index contributed by atoms with van der Waals surface area (Å²) >= 11 is 0. The van der Waals surface area contributed by atoms with Gasteiger partial charge in [-0.05, 0) is 68.1 Å². The number of ether oxygens (including phenoxy) is 1. The molecule has 2 aromatic carbocycles. The number of nitrogens with zero attached hydrogens (tertiary/aromatic N) is 1. The quantitative estimate of drug-likeness (QED) is 0.606. The van der Waals surface area contributed by atoms with Gasteiger partial charge in [0.2, 0.25) is 10.0 Å². The predicted molar refractivity (Wildman–Crippen MR) is 128 cm³/mol. The Morgan fingerprint density at radius 2 is 1.73 bits per heavy atom. The van der Waals surface area contributed by atoms with E-state index in [0.717, 1.165) is 19.3 Å². The zero-order valence-corrected chi connectivity index (χ0v) is 20.0. The van der Waals surface area contributed by atoms with Crippen LogP contribution in [0.15, 0.2) is 53.4 Å². The summed E-state index contributed by atoms with van der Waals surface area (Å²) in [5.74, 6) is -0.157. The molecule has 1 saturated heterocycles. The van der Waals surface area contributed by atoms with Gasteiger partial charge in [0.25, 0.3) is 5.91 Å². The van der Waals surface area contributed by atoms with Crippen molar-refractivity contribution in [3.8, 4) is 0 Å². The van der Waals surface area contributed by atoms with Crippen molar-refractivity contribution in [3.63, 3.8) is 0 Å². The average molecular weight is 474 g/mol. The molecular formula is C24H31N3O5S. The minimum atomic E-state index is -3.59. The van der Waals surface area contributed by atoms with Crippen LogP contribution in [0.1, 0.15) is 50.4 Å². The lowest BCUT2D eigenvalue weighted by molar-refractivity contribution is 0.102. The third-order valence-electron chi connectivity index (χ3n) is 5.38. The van der Waals surface area contributed by atoms with Gasteiger partial charge in [-0.15, -0.1) is 0 Å². The topological polar surface area (TPSA) is 105 Å². The van der Waals surface area contributed by atoms with Gasteiger partial charge in [-0.3, -0.25) is 10.1 Å². The van der Waals surface area contributed by atoms with Gasteiger partial charge in [-0.25, -0.2) is 13.2 Å². The molecule has 178 valence electrons. The molecule has 0 aromatic heterocycles. The first kappa shape index (κ1) is 24.7. The lowest BCUT2D eigenvalue weighted by Crippen LogP contribution is -2.41. The zero-order chi connectivity index (χ0) is 24.0. The van der Waals surface area contributed by atoms with Crippen molar-refractivity contribution in [1.82, 2.24) is 4.31 Å². The Morgan fingerprint density at radius 1 is 1.06 bits per heavy atom. The first-order chi connectivity index (χ1) is 15.7. The van der Waals surface area contributed by atoms with Crippen LogP contribution >= 0.6 is 0 Å². The summed E-state index contributed by atoms with van der Waals surface area (Å²) in [6.07, 6.45) is 2.17. The highest BCUT2D eigenvalue weighted by molar-refractivity contribution is 7.89. The summed E-state index contributed by atoms with van der Waals surface area (Å²) in [5.41, 5.74) is 1.30. The number of benzene rings is 2. The molecule has 3 rings (SSSR count). The fraction of sp³-hybridized carbons (Fsp3) is 0.417. The van der Waals surface area contributed by atoms with E-state index in [0.29, 0.717) is 30.1 Å². The van der Waals surface area contributed by atoms with Gasteiger partial charge >= 0.3 is 6.09 Å². The summed E-state index contributed by atoms with van der Waals surface area (Å²) in [6.45, 7) is 6.64. The summed E-state index contributed by atoms with van der Waals surface area (Å²) in [7, 11) is -3.59. The molecule has 2 amide bonds. The maximum Gasteiger partial charge on any atom is 0.411 e. The molecule has 1 unspecified atom stereocenters. The smallest absolute Gasteiger partial charge is 0.411 e. The number of carbonyl (C=O) groups excluding carboxylic acids is 2. The van der Waals surface area contributed by atoms with E-state index in [1.165, 1.54) is 28.6 Å². The fourth-order valence-electron chi connectivity index (χ4n) is 3.62. The van der Waals surface area contributed by atoms with Gasteiger partial charge in [0.1, 0.15) is 0 Å². The largest absolute Gasteiger partial charge is 0.449 e. The standard InChI is InChI=1S/C24H31N3O5S/c1-17(2)16-32-24(29)26-21-9-6-8-20(15-21)25-23(28)19-10-12-22(13-11-19)33(30,31)27-14-5-4-7-18(27)3/h6,8-13,15,17-18H,4-5,7,14,16H2,1-3H3,(H,25,28)(H,26,29). The maximum atomic E-state index is 13.0. The third-order valence-corrected chi connectivity index (χ3v) is 7.41. The van der Waals surface area contributed by atoms with Crippen molar-refractivity contribution in [1.29, 1.82) is 0 Å². The van der Waals surface area contributed by atoms with E-state index in [4.69, 9.17) is 4.74 Å².